The van der Waals surface area contributed by atoms with Crippen LogP contribution in [-0.2, 0) is 27.3 Å². The molecule has 1 aliphatic carbocycles. The molecule has 6 nitrogen and oxygen atoms in total. The third kappa shape index (κ3) is 5.47. The zero-order valence-electron chi connectivity index (χ0n) is 17.9. The summed E-state index contributed by atoms with van der Waals surface area (Å²) in [6, 6.07) is 12.5. The number of likely N-dealkylation sites (N-methyl/N-ethyl adjacent to an activating group) is 1. The second-order valence-corrected chi connectivity index (χ2v) is 7.28. The van der Waals surface area contributed by atoms with E-state index in [2.05, 4.69) is 16.0 Å². The molecule has 32 heavy (non-hydrogen) atoms. The van der Waals surface area contributed by atoms with E-state index in [4.69, 9.17) is 9.68 Å². The predicted octanol–water partition coefficient (Wildman–Crippen LogP) is 4.28. The highest BCUT2D eigenvalue weighted by molar-refractivity contribution is 6.45. The average Bonchev–Trinajstić information content (AvgIpc) is 3.58. The van der Waals surface area contributed by atoms with Crippen LogP contribution in [0.1, 0.15) is 41.5 Å². The van der Waals surface area contributed by atoms with Crippen LogP contribution in [0.2, 0.25) is 0 Å². The molecule has 9 heteroatoms. The molecule has 0 radical (unpaired) electrons. The fraction of sp³-hybridized carbons (Fsp3) is 0.304. The summed E-state index contributed by atoms with van der Waals surface area (Å²) in [7, 11) is 2.86. The second-order valence-electron chi connectivity index (χ2n) is 7.28. The number of hydroxylamine groups is 1. The smallest absolute Gasteiger partial charge is 0.398 e. The molecule has 0 aliphatic heterocycles. The van der Waals surface area contributed by atoms with E-state index in [0.29, 0.717) is 23.1 Å². The molecule has 1 amide bonds. The fourth-order valence-corrected chi connectivity index (χ4v) is 3.41. The molecule has 1 aliphatic rings. The first kappa shape index (κ1) is 23.3. The van der Waals surface area contributed by atoms with Gasteiger partial charge in [0, 0.05) is 24.2 Å². The number of hydrogen-bond donors (Lipinski definition) is 2. The van der Waals surface area contributed by atoms with E-state index in [1.807, 2.05) is 13.0 Å². The van der Waals surface area contributed by atoms with Gasteiger partial charge >= 0.3 is 6.18 Å². The Morgan fingerprint density at radius 1 is 1.19 bits per heavy atom. The van der Waals surface area contributed by atoms with Gasteiger partial charge < -0.3 is 10.2 Å². The van der Waals surface area contributed by atoms with E-state index in [0.717, 1.165) is 17.3 Å². The van der Waals surface area contributed by atoms with Crippen molar-refractivity contribution in [3.05, 3.63) is 82.1 Å². The third-order valence-corrected chi connectivity index (χ3v) is 5.13. The van der Waals surface area contributed by atoms with E-state index in [1.54, 1.807) is 24.3 Å². The Labute approximate surface area is 184 Å². The van der Waals surface area contributed by atoms with Crippen molar-refractivity contribution >= 4 is 11.6 Å². The summed E-state index contributed by atoms with van der Waals surface area (Å²) < 4.78 is 38.9. The van der Waals surface area contributed by atoms with Gasteiger partial charge in [-0.2, -0.15) is 13.2 Å². The average molecular weight is 447 g/mol. The topological polar surface area (TPSA) is 72.0 Å². The molecule has 0 unspecified atom stereocenters. The van der Waals surface area contributed by atoms with Crippen molar-refractivity contribution in [2.45, 2.75) is 32.0 Å². The summed E-state index contributed by atoms with van der Waals surface area (Å²) >= 11 is 0. The molecule has 1 saturated carbocycles. The van der Waals surface area contributed by atoms with Gasteiger partial charge in [-0.25, -0.2) is 0 Å². The maximum atomic E-state index is 13.0. The number of nitrogens with zero attached hydrogens (tertiary/aromatic N) is 1. The van der Waals surface area contributed by atoms with Crippen LogP contribution in [0.15, 0.2) is 65.0 Å². The van der Waals surface area contributed by atoms with Crippen LogP contribution in [0, 0.1) is 0 Å². The molecular formula is C23H24F3N3O3. The summed E-state index contributed by atoms with van der Waals surface area (Å²) in [5, 5.41) is 6.34. The molecule has 0 spiro atoms. The van der Waals surface area contributed by atoms with Crippen molar-refractivity contribution in [1.82, 2.24) is 10.8 Å². The normalized spacial score (nSPS) is 17.6. The zero-order chi connectivity index (χ0) is 23.3. The summed E-state index contributed by atoms with van der Waals surface area (Å²) in [6.07, 6.45) is -3.69. The lowest BCUT2D eigenvalue weighted by molar-refractivity contribution is -0.137. The zero-order valence-corrected chi connectivity index (χ0v) is 17.9. The summed E-state index contributed by atoms with van der Waals surface area (Å²) in [5.74, 6) is -0.457. The summed E-state index contributed by atoms with van der Waals surface area (Å²) in [5.41, 5.74) is 5.99. The van der Waals surface area contributed by atoms with Crippen molar-refractivity contribution in [2.24, 2.45) is 5.16 Å². The first-order valence-corrected chi connectivity index (χ1v) is 9.92. The van der Waals surface area contributed by atoms with Gasteiger partial charge in [0.1, 0.15) is 13.7 Å². The standard InChI is InChI=1S/C23H24F3N3O3/c1-14(19-12-20(19)15-8-6-9-17(11-15)23(24,25)26)28-32-13-16-7-4-5-10-18(16)21(29-31-3)22(30)27-2/h4-11,20,28H,12-13H2,1-3H3,(H,27,30)/t20-/m0/s1. The monoisotopic (exact) mass is 447 g/mol. The lowest BCUT2D eigenvalue weighted by Gasteiger charge is -2.12. The highest BCUT2D eigenvalue weighted by Gasteiger charge is 2.36. The Morgan fingerprint density at radius 2 is 1.94 bits per heavy atom. The van der Waals surface area contributed by atoms with Crippen molar-refractivity contribution in [3.8, 4) is 0 Å². The Morgan fingerprint density at radius 3 is 2.62 bits per heavy atom. The molecule has 0 bridgehead atoms. The molecular weight excluding hydrogens is 423 g/mol. The molecule has 2 N–H and O–H groups in total. The number of oxime groups is 1. The minimum Gasteiger partial charge on any atom is -0.398 e. The van der Waals surface area contributed by atoms with E-state index in [9.17, 15) is 18.0 Å². The van der Waals surface area contributed by atoms with E-state index >= 15 is 0 Å². The number of benzene rings is 2. The van der Waals surface area contributed by atoms with Gasteiger partial charge in [0.25, 0.3) is 5.91 Å². The Bertz CT molecular complexity index is 1050. The third-order valence-electron chi connectivity index (χ3n) is 5.13. The van der Waals surface area contributed by atoms with Gasteiger partial charge in [-0.05, 0) is 36.1 Å². The molecule has 2 aromatic carbocycles. The highest BCUT2D eigenvalue weighted by atomic mass is 19.4. The molecule has 3 rings (SSSR count). The van der Waals surface area contributed by atoms with Gasteiger partial charge in [0.15, 0.2) is 5.71 Å². The Balaban J connectivity index is 1.67. The van der Waals surface area contributed by atoms with Crippen LogP contribution in [0.5, 0.6) is 0 Å². The van der Waals surface area contributed by atoms with E-state index < -0.39 is 17.6 Å². The first-order valence-electron chi connectivity index (χ1n) is 9.92. The van der Waals surface area contributed by atoms with Gasteiger partial charge in [0.2, 0.25) is 0 Å². The molecule has 170 valence electrons. The number of alkyl halides is 3. The number of amides is 1. The molecule has 2 aromatic rings. The number of nitrogens with one attached hydrogen (secondary N) is 2. The highest BCUT2D eigenvalue weighted by Crippen LogP contribution is 2.49. The van der Waals surface area contributed by atoms with Crippen LogP contribution in [0.25, 0.3) is 0 Å². The number of allylic oxidation sites excluding steroid dienone is 2. The second kappa shape index (κ2) is 9.86. The minimum absolute atomic E-state index is 0.0608. The largest absolute Gasteiger partial charge is 0.416 e. The number of halogens is 3. The first-order chi connectivity index (χ1) is 15.3. The summed E-state index contributed by atoms with van der Waals surface area (Å²) in [6.45, 7) is 1.95. The molecule has 0 saturated heterocycles. The van der Waals surface area contributed by atoms with Gasteiger partial charge in [-0.3, -0.25) is 15.1 Å². The van der Waals surface area contributed by atoms with Crippen LogP contribution < -0.4 is 10.8 Å². The van der Waals surface area contributed by atoms with Crippen LogP contribution in [0.3, 0.4) is 0 Å². The maximum absolute atomic E-state index is 13.0. The van der Waals surface area contributed by atoms with E-state index in [-0.39, 0.29) is 18.2 Å². The Kier molecular flexibility index (Phi) is 7.19. The fourth-order valence-electron chi connectivity index (χ4n) is 3.41. The van der Waals surface area contributed by atoms with Crippen molar-refractivity contribution in [3.63, 3.8) is 0 Å². The van der Waals surface area contributed by atoms with Crippen molar-refractivity contribution in [2.75, 3.05) is 14.2 Å². The maximum Gasteiger partial charge on any atom is 0.416 e. The molecule has 1 fully saturated rings. The number of rotatable bonds is 8. The van der Waals surface area contributed by atoms with Crippen LogP contribution in [-0.4, -0.2) is 25.8 Å². The minimum atomic E-state index is -4.36. The van der Waals surface area contributed by atoms with Crippen LogP contribution >= 0.6 is 0 Å². The predicted molar refractivity (Wildman–Crippen MR) is 113 cm³/mol. The quantitative estimate of drug-likeness (QED) is 0.468. The van der Waals surface area contributed by atoms with Gasteiger partial charge in [-0.15, -0.1) is 0 Å². The van der Waals surface area contributed by atoms with Crippen LogP contribution in [0.4, 0.5) is 13.2 Å². The lowest BCUT2D eigenvalue weighted by atomic mass is 10.0. The number of carbonyl (C=O) groups excluding carboxylic acids is 1. The van der Waals surface area contributed by atoms with E-state index in [1.165, 1.54) is 26.3 Å². The molecule has 0 aromatic heterocycles. The molecule has 0 heterocycles. The van der Waals surface area contributed by atoms with Crippen molar-refractivity contribution < 1.29 is 27.6 Å². The number of hydrogen-bond acceptors (Lipinski definition) is 5. The summed E-state index contributed by atoms with van der Waals surface area (Å²) in [4.78, 5) is 22.5. The van der Waals surface area contributed by atoms with Gasteiger partial charge in [0.05, 0.1) is 5.56 Å². The number of carbonyl (C=O) groups is 1. The van der Waals surface area contributed by atoms with Crippen molar-refractivity contribution in [1.29, 1.82) is 0 Å². The van der Waals surface area contributed by atoms with Gasteiger partial charge in [-0.1, -0.05) is 47.6 Å². The SMILES string of the molecule is CNC(=O)C(=NOC)c1ccccc1CONC(C)=C1C[C@H]1c1cccc(C(F)(F)F)c1. The lowest BCUT2D eigenvalue weighted by Crippen LogP contribution is -2.29. The Hall–Kier alpha value is -3.33. The molecule has 1 atom stereocenters.